The van der Waals surface area contributed by atoms with Crippen molar-refractivity contribution < 1.29 is 14.3 Å². The molecule has 1 aliphatic rings. The Morgan fingerprint density at radius 1 is 0.882 bits per heavy atom. The minimum atomic E-state index is -0.355. The third-order valence-electron chi connectivity index (χ3n) is 5.65. The lowest BCUT2D eigenvalue weighted by Crippen LogP contribution is -2.24. The Kier molecular flexibility index (Phi) is 7.32. The average molecular weight is 459 g/mol. The van der Waals surface area contributed by atoms with Gasteiger partial charge in [-0.15, -0.1) is 0 Å². The second kappa shape index (κ2) is 10.7. The van der Waals surface area contributed by atoms with Crippen LogP contribution in [0.2, 0.25) is 0 Å². The van der Waals surface area contributed by atoms with Gasteiger partial charge in [0.1, 0.15) is 5.75 Å². The molecule has 0 bridgehead atoms. The van der Waals surface area contributed by atoms with Crippen molar-refractivity contribution in [2.45, 2.75) is 26.7 Å². The summed E-state index contributed by atoms with van der Waals surface area (Å²) in [6.45, 7) is 6.33. The fourth-order valence-corrected chi connectivity index (χ4v) is 4.02. The molecule has 1 fully saturated rings. The normalized spacial score (nSPS) is 12.8. The number of nitrogens with zero attached hydrogens (tertiary/aromatic N) is 1. The van der Waals surface area contributed by atoms with Gasteiger partial charge in [-0.05, 0) is 81.3 Å². The number of rotatable bonds is 7. The molecular weight excluding hydrogens is 428 g/mol. The zero-order valence-corrected chi connectivity index (χ0v) is 19.6. The number of urea groups is 1. The van der Waals surface area contributed by atoms with E-state index < -0.39 is 0 Å². The van der Waals surface area contributed by atoms with Crippen LogP contribution in [0.3, 0.4) is 0 Å². The molecule has 0 radical (unpaired) electrons. The Bertz CT molecular complexity index is 1150. The van der Waals surface area contributed by atoms with Gasteiger partial charge in [0.25, 0.3) is 5.91 Å². The third-order valence-corrected chi connectivity index (χ3v) is 5.65. The highest BCUT2D eigenvalue weighted by molar-refractivity contribution is 6.06. The minimum absolute atomic E-state index is 0.192. The number of anilines is 4. The number of amides is 3. The summed E-state index contributed by atoms with van der Waals surface area (Å²) in [5.41, 5.74) is 4.47. The van der Waals surface area contributed by atoms with Gasteiger partial charge in [-0.1, -0.05) is 17.7 Å². The Labute approximate surface area is 200 Å². The van der Waals surface area contributed by atoms with Crippen molar-refractivity contribution in [2.75, 3.05) is 40.5 Å². The molecule has 0 aromatic heterocycles. The predicted octanol–water partition coefficient (Wildman–Crippen LogP) is 5.89. The molecule has 4 rings (SSSR count). The zero-order valence-electron chi connectivity index (χ0n) is 19.6. The van der Waals surface area contributed by atoms with Crippen LogP contribution in [0.4, 0.5) is 27.5 Å². The van der Waals surface area contributed by atoms with E-state index in [0.29, 0.717) is 29.2 Å². The molecule has 1 heterocycles. The van der Waals surface area contributed by atoms with E-state index in [-0.39, 0.29) is 11.9 Å². The summed E-state index contributed by atoms with van der Waals surface area (Å²) in [6.07, 6.45) is 2.23. The van der Waals surface area contributed by atoms with Crippen LogP contribution in [-0.4, -0.2) is 31.6 Å². The lowest BCUT2D eigenvalue weighted by molar-refractivity contribution is 0.102. The molecule has 0 atom stereocenters. The predicted molar refractivity (Wildman–Crippen MR) is 137 cm³/mol. The van der Waals surface area contributed by atoms with Crippen LogP contribution < -0.4 is 25.6 Å². The first-order chi connectivity index (χ1) is 16.5. The summed E-state index contributed by atoms with van der Waals surface area (Å²) < 4.78 is 5.45. The highest BCUT2D eigenvalue weighted by Crippen LogP contribution is 2.32. The van der Waals surface area contributed by atoms with Gasteiger partial charge in [-0.25, -0.2) is 4.79 Å². The van der Waals surface area contributed by atoms with E-state index in [1.54, 1.807) is 24.3 Å². The topological polar surface area (TPSA) is 82.7 Å². The number of hydrogen-bond donors (Lipinski definition) is 3. The summed E-state index contributed by atoms with van der Waals surface area (Å²) in [7, 11) is 0. The van der Waals surface area contributed by atoms with Crippen LogP contribution in [0.5, 0.6) is 5.75 Å². The number of carbonyl (C=O) groups excluding carboxylic acids is 2. The Hall–Kier alpha value is -4.00. The van der Waals surface area contributed by atoms with E-state index >= 15 is 0 Å². The maximum atomic E-state index is 12.8. The second-order valence-corrected chi connectivity index (χ2v) is 8.29. The molecule has 3 amide bonds. The SMILES string of the molecule is CCOc1ccc(NC(=O)Nc2cc(NC(=O)c3cccc(C)c3)ccc2N2CCCC2)cc1. The standard InChI is InChI=1S/C27H30N4O3/c1-3-34-23-12-9-21(10-13-23)29-27(33)30-24-18-22(11-14-25(24)31-15-4-5-16-31)28-26(32)20-8-6-7-19(2)17-20/h6-14,17-18H,3-5,15-16H2,1-2H3,(H,28,32)(H2,29,30,33). The Morgan fingerprint density at radius 3 is 2.32 bits per heavy atom. The molecule has 3 N–H and O–H groups in total. The number of nitrogens with one attached hydrogen (secondary N) is 3. The lowest BCUT2D eigenvalue weighted by atomic mass is 10.1. The zero-order chi connectivity index (χ0) is 23.9. The van der Waals surface area contributed by atoms with Crippen molar-refractivity contribution in [3.05, 3.63) is 77.9 Å². The molecule has 7 heteroatoms. The molecule has 1 saturated heterocycles. The fraction of sp³-hybridized carbons (Fsp3) is 0.259. The maximum Gasteiger partial charge on any atom is 0.323 e. The van der Waals surface area contributed by atoms with Crippen molar-refractivity contribution in [2.24, 2.45) is 0 Å². The monoisotopic (exact) mass is 458 g/mol. The summed E-state index contributed by atoms with van der Waals surface area (Å²) >= 11 is 0. The van der Waals surface area contributed by atoms with Crippen molar-refractivity contribution in [3.8, 4) is 5.75 Å². The van der Waals surface area contributed by atoms with Gasteiger partial charge < -0.3 is 25.6 Å². The molecular formula is C27H30N4O3. The molecule has 1 aliphatic heterocycles. The van der Waals surface area contributed by atoms with E-state index in [0.717, 1.165) is 42.9 Å². The fourth-order valence-electron chi connectivity index (χ4n) is 4.02. The summed E-state index contributed by atoms with van der Waals surface area (Å²) in [5.74, 6) is 0.559. The number of hydrogen-bond acceptors (Lipinski definition) is 4. The molecule has 0 saturated carbocycles. The highest BCUT2D eigenvalue weighted by atomic mass is 16.5. The van der Waals surface area contributed by atoms with Crippen LogP contribution in [0.15, 0.2) is 66.7 Å². The van der Waals surface area contributed by atoms with Crippen molar-refractivity contribution in [3.63, 3.8) is 0 Å². The third kappa shape index (κ3) is 5.86. The van der Waals surface area contributed by atoms with Gasteiger partial charge in [0.05, 0.1) is 18.0 Å². The minimum Gasteiger partial charge on any atom is -0.494 e. The smallest absolute Gasteiger partial charge is 0.323 e. The first-order valence-corrected chi connectivity index (χ1v) is 11.6. The number of benzene rings is 3. The summed E-state index contributed by atoms with van der Waals surface area (Å²) in [4.78, 5) is 27.8. The van der Waals surface area contributed by atoms with Crippen LogP contribution in [-0.2, 0) is 0 Å². The number of aryl methyl sites for hydroxylation is 1. The second-order valence-electron chi connectivity index (χ2n) is 8.29. The number of carbonyl (C=O) groups is 2. The van der Waals surface area contributed by atoms with Crippen LogP contribution >= 0.6 is 0 Å². The van der Waals surface area contributed by atoms with Crippen LogP contribution in [0.25, 0.3) is 0 Å². The molecule has 176 valence electrons. The summed E-state index contributed by atoms with van der Waals surface area (Å²) in [5, 5.41) is 8.76. The van der Waals surface area contributed by atoms with Crippen molar-refractivity contribution in [1.82, 2.24) is 0 Å². The lowest BCUT2D eigenvalue weighted by Gasteiger charge is -2.22. The molecule has 3 aromatic rings. The van der Waals surface area contributed by atoms with Crippen molar-refractivity contribution in [1.29, 1.82) is 0 Å². The van der Waals surface area contributed by atoms with E-state index in [4.69, 9.17) is 4.74 Å². The number of ether oxygens (including phenoxy) is 1. The Morgan fingerprint density at radius 2 is 1.62 bits per heavy atom. The molecule has 0 aliphatic carbocycles. The van der Waals surface area contributed by atoms with Crippen molar-refractivity contribution >= 4 is 34.7 Å². The first-order valence-electron chi connectivity index (χ1n) is 11.6. The van der Waals surface area contributed by atoms with E-state index in [9.17, 15) is 9.59 Å². The highest BCUT2D eigenvalue weighted by Gasteiger charge is 2.18. The Balaban J connectivity index is 1.51. The van der Waals surface area contributed by atoms with Gasteiger partial charge >= 0.3 is 6.03 Å². The first kappa shape index (κ1) is 23.2. The summed E-state index contributed by atoms with van der Waals surface area (Å²) in [6, 6.07) is 19.9. The van der Waals surface area contributed by atoms with E-state index in [1.165, 1.54) is 0 Å². The molecule has 3 aromatic carbocycles. The van der Waals surface area contributed by atoms with E-state index in [1.807, 2.05) is 56.3 Å². The average Bonchev–Trinajstić information content (AvgIpc) is 3.35. The van der Waals surface area contributed by atoms with Gasteiger partial charge in [0, 0.05) is 30.0 Å². The van der Waals surface area contributed by atoms with Gasteiger partial charge in [-0.2, -0.15) is 0 Å². The van der Waals surface area contributed by atoms with Crippen LogP contribution in [0, 0.1) is 6.92 Å². The maximum absolute atomic E-state index is 12.8. The largest absolute Gasteiger partial charge is 0.494 e. The van der Waals surface area contributed by atoms with Gasteiger partial charge in [0.15, 0.2) is 0 Å². The quantitative estimate of drug-likeness (QED) is 0.412. The van der Waals surface area contributed by atoms with Crippen LogP contribution in [0.1, 0.15) is 35.7 Å². The molecule has 0 unspecified atom stereocenters. The van der Waals surface area contributed by atoms with Gasteiger partial charge in [-0.3, -0.25) is 4.79 Å². The molecule has 7 nitrogen and oxygen atoms in total. The van der Waals surface area contributed by atoms with Gasteiger partial charge in [0.2, 0.25) is 0 Å². The molecule has 0 spiro atoms. The molecule has 34 heavy (non-hydrogen) atoms. The van der Waals surface area contributed by atoms with E-state index in [2.05, 4.69) is 20.9 Å².